The molecule has 0 aliphatic rings. The first-order valence-electron chi connectivity index (χ1n) is 6.82. The molecular formula is C17H19ClN2O. The van der Waals surface area contributed by atoms with Crippen molar-refractivity contribution in [2.24, 2.45) is 0 Å². The molecule has 0 radical (unpaired) electrons. The zero-order valence-corrected chi connectivity index (χ0v) is 13.2. The summed E-state index contributed by atoms with van der Waals surface area (Å²) < 4.78 is 0. The van der Waals surface area contributed by atoms with Crippen molar-refractivity contribution >= 4 is 28.9 Å². The predicted octanol–water partition coefficient (Wildman–Crippen LogP) is 4.32. The van der Waals surface area contributed by atoms with Crippen LogP contribution in [0, 0.1) is 20.8 Å². The Hall–Kier alpha value is -2.00. The molecule has 3 nitrogen and oxygen atoms in total. The maximum atomic E-state index is 12.0. The highest BCUT2D eigenvalue weighted by atomic mass is 35.5. The second-order valence-corrected chi connectivity index (χ2v) is 5.65. The number of carbonyl (C=O) groups is 1. The van der Waals surface area contributed by atoms with Gasteiger partial charge in [-0.1, -0.05) is 23.7 Å². The number of carbonyl (C=O) groups excluding carboxylic acids is 1. The molecule has 0 spiro atoms. The molecule has 2 aromatic rings. The average Bonchev–Trinajstić information content (AvgIpc) is 2.39. The van der Waals surface area contributed by atoms with E-state index in [1.165, 1.54) is 0 Å². The van der Waals surface area contributed by atoms with Gasteiger partial charge in [-0.05, 0) is 61.7 Å². The van der Waals surface area contributed by atoms with Gasteiger partial charge in [0.1, 0.15) is 0 Å². The van der Waals surface area contributed by atoms with Crippen LogP contribution in [0.4, 0.5) is 11.4 Å². The summed E-state index contributed by atoms with van der Waals surface area (Å²) in [5, 5.41) is 6.64. The zero-order chi connectivity index (χ0) is 15.4. The fourth-order valence-electron chi connectivity index (χ4n) is 2.14. The normalized spacial score (nSPS) is 10.3. The van der Waals surface area contributed by atoms with Gasteiger partial charge in [0.25, 0.3) is 0 Å². The van der Waals surface area contributed by atoms with Gasteiger partial charge >= 0.3 is 0 Å². The van der Waals surface area contributed by atoms with Crippen LogP contribution in [-0.2, 0) is 4.79 Å². The average molecular weight is 303 g/mol. The Labute approximate surface area is 130 Å². The standard InChI is InChI=1S/C17H19ClN2O/c1-11-6-12(2)8-15(7-11)20-17(21)10-19-14-5-4-13(3)16(18)9-14/h4-9,19H,10H2,1-3H3,(H,20,21). The number of halogens is 1. The van der Waals surface area contributed by atoms with E-state index in [0.29, 0.717) is 5.02 Å². The van der Waals surface area contributed by atoms with Crippen molar-refractivity contribution in [3.63, 3.8) is 0 Å². The van der Waals surface area contributed by atoms with Crippen molar-refractivity contribution in [2.75, 3.05) is 17.2 Å². The van der Waals surface area contributed by atoms with Gasteiger partial charge in [-0.15, -0.1) is 0 Å². The van der Waals surface area contributed by atoms with Crippen molar-refractivity contribution in [1.29, 1.82) is 0 Å². The lowest BCUT2D eigenvalue weighted by atomic mass is 10.1. The fraction of sp³-hybridized carbons (Fsp3) is 0.235. The molecule has 21 heavy (non-hydrogen) atoms. The number of aryl methyl sites for hydroxylation is 3. The lowest BCUT2D eigenvalue weighted by Crippen LogP contribution is -2.21. The Morgan fingerprint density at radius 3 is 2.29 bits per heavy atom. The van der Waals surface area contributed by atoms with E-state index >= 15 is 0 Å². The summed E-state index contributed by atoms with van der Waals surface area (Å²) in [6, 6.07) is 11.6. The summed E-state index contributed by atoms with van der Waals surface area (Å²) in [6.45, 7) is 6.16. The second-order valence-electron chi connectivity index (χ2n) is 5.24. The number of rotatable bonds is 4. The van der Waals surface area contributed by atoms with Crippen LogP contribution < -0.4 is 10.6 Å². The van der Waals surface area contributed by atoms with Crippen molar-refractivity contribution in [1.82, 2.24) is 0 Å². The van der Waals surface area contributed by atoms with Crippen LogP contribution in [0.5, 0.6) is 0 Å². The molecule has 0 aromatic heterocycles. The lowest BCUT2D eigenvalue weighted by Gasteiger charge is -2.10. The molecule has 0 fully saturated rings. The van der Waals surface area contributed by atoms with Crippen LogP contribution in [0.15, 0.2) is 36.4 Å². The number of hydrogen-bond acceptors (Lipinski definition) is 2. The molecule has 2 N–H and O–H groups in total. The lowest BCUT2D eigenvalue weighted by molar-refractivity contribution is -0.114. The summed E-state index contributed by atoms with van der Waals surface area (Å²) in [6.07, 6.45) is 0. The van der Waals surface area contributed by atoms with Crippen LogP contribution in [0.2, 0.25) is 5.02 Å². The molecule has 1 amide bonds. The van der Waals surface area contributed by atoms with E-state index < -0.39 is 0 Å². The van der Waals surface area contributed by atoms with Gasteiger partial charge in [-0.25, -0.2) is 0 Å². The molecule has 0 unspecified atom stereocenters. The van der Waals surface area contributed by atoms with Crippen molar-refractivity contribution in [3.05, 3.63) is 58.1 Å². The number of benzene rings is 2. The van der Waals surface area contributed by atoms with Crippen molar-refractivity contribution in [2.45, 2.75) is 20.8 Å². The first-order chi connectivity index (χ1) is 9.94. The van der Waals surface area contributed by atoms with E-state index in [9.17, 15) is 4.79 Å². The zero-order valence-electron chi connectivity index (χ0n) is 12.5. The van der Waals surface area contributed by atoms with E-state index in [0.717, 1.165) is 28.1 Å². The molecule has 0 aliphatic heterocycles. The molecule has 0 aliphatic carbocycles. The summed E-state index contributed by atoms with van der Waals surface area (Å²) in [5.74, 6) is -0.0864. The van der Waals surface area contributed by atoms with E-state index in [1.54, 1.807) is 0 Å². The molecule has 0 saturated carbocycles. The fourth-order valence-corrected chi connectivity index (χ4v) is 2.32. The molecule has 0 atom stereocenters. The van der Waals surface area contributed by atoms with E-state index in [1.807, 2.05) is 51.1 Å². The third kappa shape index (κ3) is 4.50. The molecule has 2 aromatic carbocycles. The summed E-state index contributed by atoms with van der Waals surface area (Å²) in [5.41, 5.74) is 4.93. The number of nitrogens with one attached hydrogen (secondary N) is 2. The Morgan fingerprint density at radius 1 is 1.00 bits per heavy atom. The molecule has 2 rings (SSSR count). The third-order valence-corrected chi connectivity index (χ3v) is 3.54. The smallest absolute Gasteiger partial charge is 0.243 e. The number of anilines is 2. The quantitative estimate of drug-likeness (QED) is 0.883. The Bertz CT molecular complexity index is 648. The highest BCUT2D eigenvalue weighted by molar-refractivity contribution is 6.31. The van der Waals surface area contributed by atoms with Gasteiger partial charge in [0, 0.05) is 16.4 Å². The minimum Gasteiger partial charge on any atom is -0.376 e. The van der Waals surface area contributed by atoms with Crippen LogP contribution in [0.3, 0.4) is 0 Å². The van der Waals surface area contributed by atoms with Crippen LogP contribution in [0.1, 0.15) is 16.7 Å². The van der Waals surface area contributed by atoms with Crippen molar-refractivity contribution < 1.29 is 4.79 Å². The molecule has 0 saturated heterocycles. The molecule has 110 valence electrons. The van der Waals surface area contributed by atoms with Gasteiger partial charge in [-0.3, -0.25) is 4.79 Å². The van der Waals surface area contributed by atoms with Crippen LogP contribution >= 0.6 is 11.6 Å². The third-order valence-electron chi connectivity index (χ3n) is 3.13. The Kier molecular flexibility index (Phi) is 4.86. The van der Waals surface area contributed by atoms with E-state index in [2.05, 4.69) is 16.7 Å². The largest absolute Gasteiger partial charge is 0.376 e. The van der Waals surface area contributed by atoms with Gasteiger partial charge < -0.3 is 10.6 Å². The Morgan fingerprint density at radius 2 is 1.67 bits per heavy atom. The summed E-state index contributed by atoms with van der Waals surface area (Å²) in [7, 11) is 0. The predicted molar refractivity (Wildman–Crippen MR) is 89.2 cm³/mol. The summed E-state index contributed by atoms with van der Waals surface area (Å²) >= 11 is 6.05. The minimum absolute atomic E-state index is 0.0864. The van der Waals surface area contributed by atoms with Crippen LogP contribution in [-0.4, -0.2) is 12.5 Å². The van der Waals surface area contributed by atoms with Crippen molar-refractivity contribution in [3.8, 4) is 0 Å². The van der Waals surface area contributed by atoms with Crippen LogP contribution in [0.25, 0.3) is 0 Å². The maximum absolute atomic E-state index is 12.0. The van der Waals surface area contributed by atoms with Gasteiger partial charge in [0.2, 0.25) is 5.91 Å². The summed E-state index contributed by atoms with van der Waals surface area (Å²) in [4.78, 5) is 12.0. The highest BCUT2D eigenvalue weighted by Crippen LogP contribution is 2.20. The van der Waals surface area contributed by atoms with E-state index in [-0.39, 0.29) is 12.5 Å². The number of hydrogen-bond donors (Lipinski definition) is 2. The number of amides is 1. The SMILES string of the molecule is Cc1cc(C)cc(NC(=O)CNc2ccc(C)c(Cl)c2)c1. The van der Waals surface area contributed by atoms with Gasteiger partial charge in [-0.2, -0.15) is 0 Å². The molecule has 0 bridgehead atoms. The van der Waals surface area contributed by atoms with Gasteiger partial charge in [0.15, 0.2) is 0 Å². The maximum Gasteiger partial charge on any atom is 0.243 e. The molecular weight excluding hydrogens is 284 g/mol. The molecule has 4 heteroatoms. The van der Waals surface area contributed by atoms with E-state index in [4.69, 9.17) is 11.6 Å². The first kappa shape index (κ1) is 15.4. The topological polar surface area (TPSA) is 41.1 Å². The second kappa shape index (κ2) is 6.64. The molecule has 0 heterocycles. The first-order valence-corrected chi connectivity index (χ1v) is 7.20. The Balaban J connectivity index is 1.94. The monoisotopic (exact) mass is 302 g/mol. The minimum atomic E-state index is -0.0864. The highest BCUT2D eigenvalue weighted by Gasteiger charge is 2.04. The van der Waals surface area contributed by atoms with Gasteiger partial charge in [0.05, 0.1) is 6.54 Å².